The summed E-state index contributed by atoms with van der Waals surface area (Å²) in [5, 5.41) is 10.7. The van der Waals surface area contributed by atoms with E-state index >= 15 is 0 Å². The molecule has 0 aliphatic carbocycles. The Hall–Kier alpha value is -3.11. The van der Waals surface area contributed by atoms with Crippen molar-refractivity contribution >= 4 is 11.6 Å². The van der Waals surface area contributed by atoms with Crippen molar-refractivity contribution in [1.82, 2.24) is 17.6 Å². The normalized spacial score (nSPS) is 7.67. The third-order valence-corrected chi connectivity index (χ3v) is 2.03. The molecule has 0 bridgehead atoms. The molecule has 0 atom stereocenters. The average Bonchev–Trinajstić information content (AvgIpc) is 2.43. The zero-order valence-corrected chi connectivity index (χ0v) is 14.7. The maximum atomic E-state index is 11.6. The molecular formula is C18H26N4O2. The molecule has 130 valence electrons. The number of nitrogens with one attached hydrogen (secondary N) is 1. The third kappa shape index (κ3) is 13.9. The van der Waals surface area contributed by atoms with Crippen molar-refractivity contribution in [2.75, 3.05) is 5.73 Å². The number of nitrogens with two attached hydrogens (primary N) is 1. The maximum Gasteiger partial charge on any atom is 0.251 e. The number of carbonyl (C=O) groups is 1. The predicted octanol–water partition coefficient (Wildman–Crippen LogP) is 2.47. The van der Waals surface area contributed by atoms with Gasteiger partial charge in [-0.05, 0) is 63.8 Å². The molecule has 10 N–H and O–H groups in total. The number of hydrogen-bond donors (Lipinski definition) is 5. The van der Waals surface area contributed by atoms with Gasteiger partial charge in [-0.3, -0.25) is 4.79 Å². The van der Waals surface area contributed by atoms with Crippen LogP contribution in [0.25, 0.3) is 0 Å². The van der Waals surface area contributed by atoms with E-state index in [4.69, 9.17) is 10.8 Å². The Morgan fingerprint density at radius 1 is 1.04 bits per heavy atom. The van der Waals surface area contributed by atoms with Gasteiger partial charge in [0.05, 0.1) is 0 Å². The Labute approximate surface area is 144 Å². The fourth-order valence-electron chi connectivity index (χ4n) is 1.20. The molecule has 6 heteroatoms. The van der Waals surface area contributed by atoms with Crippen molar-refractivity contribution in [1.29, 1.82) is 0 Å². The topological polar surface area (TPSA) is 145 Å². The van der Waals surface area contributed by atoms with Gasteiger partial charge in [-0.1, -0.05) is 5.92 Å². The van der Waals surface area contributed by atoms with Gasteiger partial charge < -0.3 is 28.5 Å². The van der Waals surface area contributed by atoms with Crippen LogP contribution in [0.3, 0.4) is 0 Å². The van der Waals surface area contributed by atoms with Crippen molar-refractivity contribution in [3.05, 3.63) is 29.8 Å². The number of nitrogen functional groups attached to an aromatic ring is 1. The molecule has 24 heavy (non-hydrogen) atoms. The second-order valence-corrected chi connectivity index (χ2v) is 5.19. The smallest absolute Gasteiger partial charge is 0.251 e. The minimum absolute atomic E-state index is 0. The summed E-state index contributed by atoms with van der Waals surface area (Å²) in [4.78, 5) is 11.6. The van der Waals surface area contributed by atoms with Crippen LogP contribution in [0.5, 0.6) is 0 Å². The SMILES string of the molecule is CC#CC#CC#CO.CC(C)(C)NC(=O)c1ccc(N)cc1.N.N. The summed E-state index contributed by atoms with van der Waals surface area (Å²) >= 11 is 0. The third-order valence-electron chi connectivity index (χ3n) is 2.03. The molecule has 0 aromatic heterocycles. The molecule has 1 aromatic carbocycles. The van der Waals surface area contributed by atoms with E-state index in [9.17, 15) is 4.79 Å². The van der Waals surface area contributed by atoms with Gasteiger partial charge in [0.25, 0.3) is 5.91 Å². The summed E-state index contributed by atoms with van der Waals surface area (Å²) in [5.74, 6) is 11.8. The van der Waals surface area contributed by atoms with Gasteiger partial charge in [0.15, 0.2) is 0 Å². The van der Waals surface area contributed by atoms with E-state index in [0.29, 0.717) is 11.3 Å². The minimum atomic E-state index is -0.210. The molecule has 0 fully saturated rings. The average molecular weight is 330 g/mol. The lowest BCUT2D eigenvalue weighted by molar-refractivity contribution is 0.0919. The van der Waals surface area contributed by atoms with Crippen LogP contribution in [-0.2, 0) is 0 Å². The van der Waals surface area contributed by atoms with Crippen molar-refractivity contribution in [2.24, 2.45) is 0 Å². The Bertz CT molecular complexity index is 646. The van der Waals surface area contributed by atoms with Gasteiger partial charge >= 0.3 is 0 Å². The summed E-state index contributed by atoms with van der Waals surface area (Å²) in [6.07, 6.45) is 1.64. The van der Waals surface area contributed by atoms with E-state index in [1.54, 1.807) is 37.3 Å². The monoisotopic (exact) mass is 330 g/mol. The molecule has 0 radical (unpaired) electrons. The molecule has 0 spiro atoms. The molecule has 0 saturated heterocycles. The summed E-state index contributed by atoms with van der Waals surface area (Å²) in [6.45, 7) is 7.52. The zero-order valence-electron chi connectivity index (χ0n) is 14.7. The number of aliphatic hydroxyl groups is 1. The van der Waals surface area contributed by atoms with Gasteiger partial charge in [0.2, 0.25) is 0 Å². The first-order chi connectivity index (χ1) is 10.3. The lowest BCUT2D eigenvalue weighted by atomic mass is 10.1. The number of rotatable bonds is 1. The molecule has 0 aliphatic heterocycles. The van der Waals surface area contributed by atoms with E-state index in [-0.39, 0.29) is 23.7 Å². The van der Waals surface area contributed by atoms with Crippen molar-refractivity contribution in [3.8, 4) is 35.7 Å². The Kier molecular flexibility index (Phi) is 14.6. The van der Waals surface area contributed by atoms with Gasteiger partial charge in [-0.2, -0.15) is 0 Å². The lowest BCUT2D eigenvalue weighted by Gasteiger charge is -2.20. The molecule has 1 amide bonds. The first-order valence-electron chi connectivity index (χ1n) is 6.54. The van der Waals surface area contributed by atoms with E-state index in [1.807, 2.05) is 20.8 Å². The van der Waals surface area contributed by atoms with Gasteiger partial charge in [-0.15, -0.1) is 0 Å². The fourth-order valence-corrected chi connectivity index (χ4v) is 1.20. The Morgan fingerprint density at radius 2 is 1.54 bits per heavy atom. The lowest BCUT2D eigenvalue weighted by Crippen LogP contribution is -2.40. The van der Waals surface area contributed by atoms with Gasteiger partial charge in [-0.25, -0.2) is 0 Å². The largest absolute Gasteiger partial charge is 0.461 e. The molecule has 0 unspecified atom stereocenters. The first-order valence-corrected chi connectivity index (χ1v) is 6.54. The summed E-state index contributed by atoms with van der Waals surface area (Å²) in [7, 11) is 0. The second kappa shape index (κ2) is 13.5. The van der Waals surface area contributed by atoms with E-state index < -0.39 is 0 Å². The maximum absolute atomic E-state index is 11.6. The quantitative estimate of drug-likeness (QED) is 0.396. The van der Waals surface area contributed by atoms with E-state index in [0.717, 1.165) is 0 Å². The highest BCUT2D eigenvalue weighted by molar-refractivity contribution is 5.94. The van der Waals surface area contributed by atoms with Crippen LogP contribution in [0.4, 0.5) is 5.69 Å². The van der Waals surface area contributed by atoms with Crippen LogP contribution in [0.15, 0.2) is 24.3 Å². The van der Waals surface area contributed by atoms with E-state index in [2.05, 4.69) is 34.9 Å². The number of anilines is 1. The first kappa shape index (κ1) is 25.8. The molecule has 1 rings (SSSR count). The van der Waals surface area contributed by atoms with Crippen LogP contribution in [-0.4, -0.2) is 16.6 Å². The summed E-state index contributed by atoms with van der Waals surface area (Å²) < 4.78 is 0. The number of benzene rings is 1. The zero-order chi connectivity index (χ0) is 17.0. The molecule has 6 nitrogen and oxygen atoms in total. The molecule has 0 aliphatic rings. The Morgan fingerprint density at radius 3 is 1.96 bits per heavy atom. The molecular weight excluding hydrogens is 304 g/mol. The second-order valence-electron chi connectivity index (χ2n) is 5.19. The molecule has 0 heterocycles. The number of carbonyl (C=O) groups excluding carboxylic acids is 1. The number of hydrogen-bond acceptors (Lipinski definition) is 5. The highest BCUT2D eigenvalue weighted by Crippen LogP contribution is 2.07. The molecule has 0 saturated carbocycles. The number of aliphatic hydroxyl groups excluding tert-OH is 1. The highest BCUT2D eigenvalue weighted by atomic mass is 16.2. The van der Waals surface area contributed by atoms with Crippen LogP contribution in [0.2, 0.25) is 0 Å². The van der Waals surface area contributed by atoms with Crippen molar-refractivity contribution in [2.45, 2.75) is 33.2 Å². The van der Waals surface area contributed by atoms with Crippen LogP contribution in [0.1, 0.15) is 38.1 Å². The van der Waals surface area contributed by atoms with Crippen LogP contribution < -0.4 is 23.4 Å². The summed E-state index contributed by atoms with van der Waals surface area (Å²) in [6, 6.07) is 6.88. The standard InChI is InChI=1S/C11H16N2O.C7H4O.2H3N/c1-11(2,3)13-10(14)8-4-6-9(12)7-5-8;1-2-3-4-5-6-7-8;;/h4-7H,12H2,1-3H3,(H,13,14);8H,1H3;2*1H3. The van der Waals surface area contributed by atoms with Gasteiger partial charge in [0.1, 0.15) is 6.11 Å². The fraction of sp³-hybridized carbons (Fsp3) is 0.278. The van der Waals surface area contributed by atoms with Crippen molar-refractivity contribution in [3.63, 3.8) is 0 Å². The predicted molar refractivity (Wildman–Crippen MR) is 99.1 cm³/mol. The van der Waals surface area contributed by atoms with Crippen LogP contribution >= 0.6 is 0 Å². The molecule has 1 aromatic rings. The highest BCUT2D eigenvalue weighted by Gasteiger charge is 2.14. The Balaban J connectivity index is -0.000000386. The van der Waals surface area contributed by atoms with Crippen LogP contribution in [0, 0.1) is 35.7 Å². The van der Waals surface area contributed by atoms with E-state index in [1.165, 1.54) is 0 Å². The van der Waals surface area contributed by atoms with Gasteiger partial charge in [0, 0.05) is 28.6 Å². The minimum Gasteiger partial charge on any atom is -0.461 e. The summed E-state index contributed by atoms with van der Waals surface area (Å²) in [5.41, 5.74) is 6.61. The van der Waals surface area contributed by atoms with Crippen molar-refractivity contribution < 1.29 is 9.90 Å². The number of amides is 1.